The van der Waals surface area contributed by atoms with Crippen LogP contribution < -0.4 is 10.6 Å². The van der Waals surface area contributed by atoms with Crippen molar-refractivity contribution in [3.8, 4) is 12.3 Å². The fourth-order valence-corrected chi connectivity index (χ4v) is 3.88. The van der Waals surface area contributed by atoms with Crippen LogP contribution in [0.4, 0.5) is 0 Å². The summed E-state index contributed by atoms with van der Waals surface area (Å²) in [5.41, 5.74) is 0. The van der Waals surface area contributed by atoms with E-state index in [4.69, 9.17) is 16.3 Å². The van der Waals surface area contributed by atoms with Gasteiger partial charge in [-0.3, -0.25) is 9.59 Å². The van der Waals surface area contributed by atoms with Gasteiger partial charge in [0.25, 0.3) is 0 Å². The highest BCUT2D eigenvalue weighted by molar-refractivity contribution is 5.77. The number of nitrogens with one attached hydrogen (secondary N) is 2. The van der Waals surface area contributed by atoms with E-state index >= 15 is 0 Å². The summed E-state index contributed by atoms with van der Waals surface area (Å²) in [6.45, 7) is 1.59. The number of allylic oxidation sites excluding steroid dienone is 2. The Labute approximate surface area is 155 Å². The van der Waals surface area contributed by atoms with Gasteiger partial charge in [0, 0.05) is 31.8 Å². The van der Waals surface area contributed by atoms with Crippen molar-refractivity contribution < 1.29 is 19.4 Å². The van der Waals surface area contributed by atoms with Gasteiger partial charge in [0.1, 0.15) is 0 Å². The predicted molar refractivity (Wildman–Crippen MR) is 99.4 cm³/mol. The number of aliphatic carboxylic acids is 1. The molecule has 4 atom stereocenters. The van der Waals surface area contributed by atoms with Crippen molar-refractivity contribution in [2.75, 3.05) is 19.6 Å². The van der Waals surface area contributed by atoms with E-state index in [9.17, 15) is 9.59 Å². The summed E-state index contributed by atoms with van der Waals surface area (Å²) in [5, 5.41) is 14.7. The molecule has 2 saturated heterocycles. The van der Waals surface area contributed by atoms with Crippen molar-refractivity contribution in [2.24, 2.45) is 11.8 Å². The van der Waals surface area contributed by atoms with Crippen molar-refractivity contribution >= 4 is 11.9 Å². The molecule has 2 aliphatic rings. The first-order valence-corrected chi connectivity index (χ1v) is 9.55. The van der Waals surface area contributed by atoms with Crippen molar-refractivity contribution in [3.05, 3.63) is 12.2 Å². The molecule has 26 heavy (non-hydrogen) atoms. The molecule has 0 unspecified atom stereocenters. The van der Waals surface area contributed by atoms with Gasteiger partial charge in [-0.25, -0.2) is 0 Å². The van der Waals surface area contributed by atoms with Crippen LogP contribution in [0.2, 0.25) is 0 Å². The molecule has 0 aliphatic carbocycles. The lowest BCUT2D eigenvalue weighted by atomic mass is 9.77. The van der Waals surface area contributed by atoms with Crippen molar-refractivity contribution in [3.63, 3.8) is 0 Å². The summed E-state index contributed by atoms with van der Waals surface area (Å²) in [5.74, 6) is 2.56. The lowest BCUT2D eigenvalue weighted by Crippen LogP contribution is -2.41. The van der Waals surface area contributed by atoms with Crippen LogP contribution in [0.1, 0.15) is 44.9 Å². The molecule has 144 valence electrons. The van der Waals surface area contributed by atoms with E-state index in [1.54, 1.807) is 0 Å². The van der Waals surface area contributed by atoms with Gasteiger partial charge in [-0.2, -0.15) is 0 Å². The van der Waals surface area contributed by atoms with Gasteiger partial charge in [-0.1, -0.05) is 12.2 Å². The number of unbranched alkanes of at least 4 members (excludes halogenated alkanes) is 1. The van der Waals surface area contributed by atoms with E-state index < -0.39 is 5.97 Å². The number of carbonyl (C=O) groups is 2. The van der Waals surface area contributed by atoms with Crippen LogP contribution in [-0.2, 0) is 14.3 Å². The normalized spacial score (nSPS) is 26.9. The van der Waals surface area contributed by atoms with Gasteiger partial charge in [-0.15, -0.1) is 12.3 Å². The molecule has 2 rings (SSSR count). The molecule has 2 fully saturated rings. The maximum absolute atomic E-state index is 11.9. The predicted octanol–water partition coefficient (Wildman–Crippen LogP) is 1.71. The summed E-state index contributed by atoms with van der Waals surface area (Å²) >= 11 is 0. The molecule has 6 nitrogen and oxygen atoms in total. The monoisotopic (exact) mass is 362 g/mol. The molecule has 0 spiro atoms. The number of amides is 1. The zero-order valence-electron chi connectivity index (χ0n) is 15.3. The third kappa shape index (κ3) is 6.47. The van der Waals surface area contributed by atoms with E-state index in [2.05, 4.69) is 28.7 Å². The molecule has 0 aromatic heterocycles. The van der Waals surface area contributed by atoms with Crippen LogP contribution in [-0.4, -0.2) is 48.8 Å². The van der Waals surface area contributed by atoms with Crippen LogP contribution >= 0.6 is 0 Å². The minimum atomic E-state index is -0.746. The van der Waals surface area contributed by atoms with Crippen molar-refractivity contribution in [2.45, 2.75) is 57.2 Å². The highest BCUT2D eigenvalue weighted by Gasteiger charge is 2.47. The van der Waals surface area contributed by atoms with Crippen molar-refractivity contribution in [1.29, 1.82) is 0 Å². The number of hydrogen-bond donors (Lipinski definition) is 3. The number of carbonyl (C=O) groups excluding carboxylic acids is 1. The Kier molecular flexibility index (Phi) is 8.66. The minimum Gasteiger partial charge on any atom is -0.481 e. The Balaban J connectivity index is 1.70. The molecule has 0 saturated carbocycles. The molecule has 0 radical (unpaired) electrons. The van der Waals surface area contributed by atoms with Gasteiger partial charge in [0.05, 0.1) is 18.8 Å². The zero-order chi connectivity index (χ0) is 18.8. The molecular weight excluding hydrogens is 332 g/mol. The van der Waals surface area contributed by atoms with E-state index in [-0.39, 0.29) is 25.0 Å². The standard InChI is InChI=1S/C20H30N2O4/c1-2-3-12-21-14-19(23)22-13-16-15(17-10-11-18(16)26-17)8-6-4-5-7-9-20(24)25/h1,4,6,15-18,21H,3,5,7-14H2,(H,22,23)(H,24,25)/t15-,16+,17-,18+/m1/s1. The molecule has 1 amide bonds. The second-order valence-corrected chi connectivity index (χ2v) is 7.05. The van der Waals surface area contributed by atoms with E-state index in [1.807, 2.05) is 0 Å². The molecule has 0 aromatic rings. The second kappa shape index (κ2) is 11.0. The first-order valence-electron chi connectivity index (χ1n) is 9.55. The Hall–Kier alpha value is -1.84. The highest BCUT2D eigenvalue weighted by atomic mass is 16.5. The number of hydrogen-bond acceptors (Lipinski definition) is 4. The molecule has 3 N–H and O–H groups in total. The van der Waals surface area contributed by atoms with Crippen LogP contribution in [0, 0.1) is 24.2 Å². The molecular formula is C20H30N2O4. The number of carboxylic acid groups (broad SMARTS) is 1. The molecule has 2 bridgehead atoms. The fraction of sp³-hybridized carbons (Fsp3) is 0.700. The average molecular weight is 362 g/mol. The van der Waals surface area contributed by atoms with Crippen LogP contribution in [0.25, 0.3) is 0 Å². The van der Waals surface area contributed by atoms with Gasteiger partial charge in [-0.05, 0) is 38.0 Å². The third-order valence-electron chi connectivity index (χ3n) is 5.19. The first kappa shape index (κ1) is 20.5. The smallest absolute Gasteiger partial charge is 0.303 e. The van der Waals surface area contributed by atoms with Gasteiger partial charge < -0.3 is 20.5 Å². The number of carboxylic acids is 1. The summed E-state index contributed by atoms with van der Waals surface area (Å²) in [6.07, 6.45) is 15.3. The number of terminal acetylenes is 1. The Morgan fingerprint density at radius 3 is 2.73 bits per heavy atom. The highest BCUT2D eigenvalue weighted by Crippen LogP contribution is 2.44. The number of rotatable bonds is 12. The van der Waals surface area contributed by atoms with E-state index in [1.165, 1.54) is 0 Å². The lowest BCUT2D eigenvalue weighted by Gasteiger charge is -2.27. The Morgan fingerprint density at radius 1 is 1.23 bits per heavy atom. The van der Waals surface area contributed by atoms with Gasteiger partial charge in [0.2, 0.25) is 5.91 Å². The minimum absolute atomic E-state index is 0.00671. The third-order valence-corrected chi connectivity index (χ3v) is 5.19. The molecule has 2 heterocycles. The van der Waals surface area contributed by atoms with Crippen LogP contribution in [0.15, 0.2) is 12.2 Å². The fourth-order valence-electron chi connectivity index (χ4n) is 3.88. The lowest BCUT2D eigenvalue weighted by molar-refractivity contribution is -0.137. The topological polar surface area (TPSA) is 87.7 Å². The number of ether oxygens (including phenoxy) is 1. The zero-order valence-corrected chi connectivity index (χ0v) is 15.3. The Bertz CT molecular complexity index is 540. The average Bonchev–Trinajstić information content (AvgIpc) is 3.21. The largest absolute Gasteiger partial charge is 0.481 e. The first-order chi connectivity index (χ1) is 12.6. The quantitative estimate of drug-likeness (QED) is 0.279. The maximum Gasteiger partial charge on any atom is 0.303 e. The molecule has 0 aromatic carbocycles. The van der Waals surface area contributed by atoms with Gasteiger partial charge in [0.15, 0.2) is 0 Å². The van der Waals surface area contributed by atoms with Crippen LogP contribution in [0.3, 0.4) is 0 Å². The maximum atomic E-state index is 11.9. The molecule has 2 aliphatic heterocycles. The van der Waals surface area contributed by atoms with Gasteiger partial charge >= 0.3 is 5.97 Å². The summed E-state index contributed by atoms with van der Waals surface area (Å²) in [6, 6.07) is 0. The van der Waals surface area contributed by atoms with E-state index in [0.29, 0.717) is 43.9 Å². The van der Waals surface area contributed by atoms with E-state index in [0.717, 1.165) is 25.7 Å². The summed E-state index contributed by atoms with van der Waals surface area (Å²) in [7, 11) is 0. The second-order valence-electron chi connectivity index (χ2n) is 7.05. The van der Waals surface area contributed by atoms with Crippen LogP contribution in [0.5, 0.6) is 0 Å². The number of fused-ring (bicyclic) bond motifs is 2. The summed E-state index contributed by atoms with van der Waals surface area (Å²) < 4.78 is 6.05. The Morgan fingerprint density at radius 2 is 2.00 bits per heavy atom. The van der Waals surface area contributed by atoms with Crippen molar-refractivity contribution in [1.82, 2.24) is 10.6 Å². The SMILES string of the molecule is C#CCCNCC(=O)NC[C@H]1[C@@H](CC=CCCCC(=O)O)[C@H]2CC[C@@H]1O2. The molecule has 6 heteroatoms. The summed E-state index contributed by atoms with van der Waals surface area (Å²) in [4.78, 5) is 22.4.